The van der Waals surface area contributed by atoms with Crippen molar-refractivity contribution in [2.75, 3.05) is 0 Å². The first-order chi connectivity index (χ1) is 5.70. The minimum absolute atomic E-state index is 0.0556. The zero-order valence-corrected chi connectivity index (χ0v) is 8.05. The van der Waals surface area contributed by atoms with Crippen molar-refractivity contribution in [1.29, 1.82) is 0 Å². The summed E-state index contributed by atoms with van der Waals surface area (Å²) in [6.07, 6.45) is 3.52. The Morgan fingerprint density at radius 1 is 1.58 bits per heavy atom. The van der Waals surface area contributed by atoms with Gasteiger partial charge in [-0.2, -0.15) is 0 Å². The van der Waals surface area contributed by atoms with Gasteiger partial charge in [0.2, 0.25) is 0 Å². The molecule has 3 nitrogen and oxygen atoms in total. The van der Waals surface area contributed by atoms with E-state index in [2.05, 4.69) is 20.9 Å². The maximum atomic E-state index is 11.3. The van der Waals surface area contributed by atoms with Crippen molar-refractivity contribution in [1.82, 2.24) is 9.55 Å². The molecule has 0 amide bonds. The van der Waals surface area contributed by atoms with Crippen LogP contribution in [0.3, 0.4) is 0 Å². The largest absolute Gasteiger partial charge is 0.349 e. The van der Waals surface area contributed by atoms with Crippen LogP contribution in [0.5, 0.6) is 0 Å². The molecule has 0 saturated carbocycles. The van der Waals surface area contributed by atoms with Crippen molar-refractivity contribution < 1.29 is 0 Å². The Hall–Kier alpha value is -1.03. The molecule has 0 bridgehead atoms. The second-order valence-electron chi connectivity index (χ2n) is 2.65. The van der Waals surface area contributed by atoms with Gasteiger partial charge in [-0.3, -0.25) is 4.79 Å². The minimum Gasteiger partial charge on any atom is -0.349 e. The number of H-pyrrole nitrogens is 1. The van der Waals surface area contributed by atoms with Crippen molar-refractivity contribution in [3.05, 3.63) is 33.3 Å². The summed E-state index contributed by atoms with van der Waals surface area (Å²) in [6.45, 7) is 0. The molecule has 0 fully saturated rings. The van der Waals surface area contributed by atoms with Crippen molar-refractivity contribution in [2.24, 2.45) is 7.05 Å². The van der Waals surface area contributed by atoms with E-state index in [0.29, 0.717) is 5.39 Å². The van der Waals surface area contributed by atoms with E-state index in [-0.39, 0.29) is 5.56 Å². The lowest BCUT2D eigenvalue weighted by atomic mass is 10.3. The summed E-state index contributed by atoms with van der Waals surface area (Å²) in [5.41, 5.74) is 0.880. The molecule has 0 aliphatic carbocycles. The van der Waals surface area contributed by atoms with Crippen LogP contribution in [0.15, 0.2) is 27.7 Å². The molecule has 2 aromatic heterocycles. The van der Waals surface area contributed by atoms with Gasteiger partial charge in [-0.15, -0.1) is 0 Å². The van der Waals surface area contributed by atoms with Gasteiger partial charge in [0.15, 0.2) is 0 Å². The molecule has 0 unspecified atom stereocenters. The highest BCUT2D eigenvalue weighted by atomic mass is 79.9. The van der Waals surface area contributed by atoms with Crippen LogP contribution in [-0.2, 0) is 7.05 Å². The smallest absolute Gasteiger partial charge is 0.258 e. The maximum absolute atomic E-state index is 11.3. The fourth-order valence-corrected chi connectivity index (χ4v) is 1.99. The first-order valence-corrected chi connectivity index (χ1v) is 4.31. The predicted molar refractivity (Wildman–Crippen MR) is 51.2 cm³/mol. The van der Waals surface area contributed by atoms with Crippen LogP contribution in [-0.4, -0.2) is 9.55 Å². The van der Waals surface area contributed by atoms with Crippen molar-refractivity contribution >= 4 is 26.8 Å². The second kappa shape index (κ2) is 2.48. The lowest BCUT2D eigenvalue weighted by Crippen LogP contribution is -2.03. The highest BCUT2D eigenvalue weighted by Gasteiger charge is 2.06. The van der Waals surface area contributed by atoms with Crippen LogP contribution >= 0.6 is 15.9 Å². The number of hydrogen-bond donors (Lipinski definition) is 1. The third-order valence-electron chi connectivity index (χ3n) is 1.86. The van der Waals surface area contributed by atoms with Gasteiger partial charge in [0.05, 0.1) is 10.9 Å². The zero-order valence-electron chi connectivity index (χ0n) is 6.47. The molecule has 1 N–H and O–H groups in total. The molecule has 0 aromatic carbocycles. The number of aromatic amines is 1. The lowest BCUT2D eigenvalue weighted by molar-refractivity contribution is 0.965. The van der Waals surface area contributed by atoms with Crippen molar-refractivity contribution in [2.45, 2.75) is 0 Å². The molecule has 0 radical (unpaired) electrons. The van der Waals surface area contributed by atoms with E-state index < -0.39 is 0 Å². The quantitative estimate of drug-likeness (QED) is 0.729. The number of pyridine rings is 1. The number of hydrogen-bond acceptors (Lipinski definition) is 1. The summed E-state index contributed by atoms with van der Waals surface area (Å²) >= 11 is 3.33. The Morgan fingerprint density at radius 2 is 2.33 bits per heavy atom. The Labute approximate surface area is 77.1 Å². The standard InChI is InChI=1S/C8H7BrN2O/c1-11-4-5(9)7-6(11)2-3-10-8(7)12/h2-4H,1H3,(H,10,12). The Kier molecular flexibility index (Phi) is 1.58. The molecular formula is C8H7BrN2O. The molecule has 4 heteroatoms. The molecule has 12 heavy (non-hydrogen) atoms. The lowest BCUT2D eigenvalue weighted by Gasteiger charge is -1.92. The van der Waals surface area contributed by atoms with Gasteiger partial charge in [0.25, 0.3) is 5.56 Å². The molecule has 62 valence electrons. The average Bonchev–Trinajstić information content (AvgIpc) is 2.29. The van der Waals surface area contributed by atoms with E-state index in [1.807, 2.05) is 23.9 Å². The maximum Gasteiger partial charge on any atom is 0.258 e. The minimum atomic E-state index is -0.0556. The number of rotatable bonds is 0. The van der Waals surface area contributed by atoms with Crippen LogP contribution in [0, 0.1) is 0 Å². The summed E-state index contributed by atoms with van der Waals surface area (Å²) in [5, 5.41) is 0.708. The SMILES string of the molecule is Cn1cc(Br)c2c(=O)[nH]ccc21. The average molecular weight is 227 g/mol. The first-order valence-electron chi connectivity index (χ1n) is 3.52. The molecule has 0 saturated heterocycles. The van der Waals surface area contributed by atoms with E-state index >= 15 is 0 Å². The summed E-state index contributed by atoms with van der Waals surface area (Å²) < 4.78 is 2.75. The van der Waals surface area contributed by atoms with Crippen LogP contribution in [0.25, 0.3) is 10.9 Å². The van der Waals surface area contributed by atoms with E-state index in [1.165, 1.54) is 0 Å². The topological polar surface area (TPSA) is 37.8 Å². The number of aryl methyl sites for hydroxylation is 1. The second-order valence-corrected chi connectivity index (χ2v) is 3.51. The van der Waals surface area contributed by atoms with Gasteiger partial charge >= 0.3 is 0 Å². The van der Waals surface area contributed by atoms with Gasteiger partial charge in [0, 0.05) is 23.9 Å². The van der Waals surface area contributed by atoms with Crippen LogP contribution in [0.1, 0.15) is 0 Å². The van der Waals surface area contributed by atoms with Gasteiger partial charge in [-0.05, 0) is 22.0 Å². The van der Waals surface area contributed by atoms with Crippen LogP contribution < -0.4 is 5.56 Å². The third kappa shape index (κ3) is 0.914. The van der Waals surface area contributed by atoms with Crippen LogP contribution in [0.2, 0.25) is 0 Å². The van der Waals surface area contributed by atoms with Crippen LogP contribution in [0.4, 0.5) is 0 Å². The molecular weight excluding hydrogens is 220 g/mol. The van der Waals surface area contributed by atoms with E-state index in [9.17, 15) is 4.79 Å². The number of nitrogens with one attached hydrogen (secondary N) is 1. The van der Waals surface area contributed by atoms with Gasteiger partial charge < -0.3 is 9.55 Å². The molecule has 2 rings (SSSR count). The van der Waals surface area contributed by atoms with Gasteiger partial charge in [-0.1, -0.05) is 0 Å². The number of halogens is 1. The number of fused-ring (bicyclic) bond motifs is 1. The molecule has 0 aliphatic heterocycles. The highest BCUT2D eigenvalue weighted by Crippen LogP contribution is 2.20. The van der Waals surface area contributed by atoms with Crippen molar-refractivity contribution in [3.8, 4) is 0 Å². The summed E-state index contributed by atoms with van der Waals surface area (Å²) in [5.74, 6) is 0. The normalized spacial score (nSPS) is 10.8. The first kappa shape index (κ1) is 7.61. The number of nitrogens with zero attached hydrogens (tertiary/aromatic N) is 1. The summed E-state index contributed by atoms with van der Waals surface area (Å²) in [6, 6.07) is 1.88. The van der Waals surface area contributed by atoms with E-state index in [1.54, 1.807) is 6.20 Å². The molecule has 0 atom stereocenters. The Balaban J connectivity index is 3.09. The Morgan fingerprint density at radius 3 is 3.00 bits per heavy atom. The summed E-state index contributed by atoms with van der Waals surface area (Å²) in [7, 11) is 1.91. The third-order valence-corrected chi connectivity index (χ3v) is 2.47. The number of aromatic nitrogens is 2. The summed E-state index contributed by atoms with van der Waals surface area (Å²) in [4.78, 5) is 13.9. The van der Waals surface area contributed by atoms with E-state index in [4.69, 9.17) is 0 Å². The Bertz CT molecular complexity index is 483. The molecule has 2 aromatic rings. The predicted octanol–water partition coefficient (Wildman–Crippen LogP) is 1.63. The molecule has 0 spiro atoms. The van der Waals surface area contributed by atoms with E-state index in [0.717, 1.165) is 9.99 Å². The molecule has 0 aliphatic rings. The van der Waals surface area contributed by atoms with Crippen molar-refractivity contribution in [3.63, 3.8) is 0 Å². The van der Waals surface area contributed by atoms with Gasteiger partial charge in [0.1, 0.15) is 0 Å². The monoisotopic (exact) mass is 226 g/mol. The molecule has 2 heterocycles. The fraction of sp³-hybridized carbons (Fsp3) is 0.125. The zero-order chi connectivity index (χ0) is 8.72. The highest BCUT2D eigenvalue weighted by molar-refractivity contribution is 9.10. The fourth-order valence-electron chi connectivity index (χ4n) is 1.30. The van der Waals surface area contributed by atoms with Gasteiger partial charge in [-0.25, -0.2) is 0 Å².